The first kappa shape index (κ1) is 25.7. The zero-order chi connectivity index (χ0) is 23.8. The minimum Gasteiger partial charge on any atom is -0.369 e. The highest BCUT2D eigenvalue weighted by molar-refractivity contribution is 6.02. The van der Waals surface area contributed by atoms with Crippen molar-refractivity contribution in [2.45, 2.75) is 54.4 Å². The Morgan fingerprint density at radius 2 is 1.69 bits per heavy atom. The minimum atomic E-state index is -0.142. The van der Waals surface area contributed by atoms with Gasteiger partial charge in [-0.05, 0) is 44.4 Å². The molecule has 1 N–H and O–H groups in total. The van der Waals surface area contributed by atoms with Crippen molar-refractivity contribution >= 4 is 29.1 Å². The summed E-state index contributed by atoms with van der Waals surface area (Å²) in [6.07, 6.45) is 1.42. The zero-order valence-corrected chi connectivity index (χ0v) is 20.6. The van der Waals surface area contributed by atoms with Crippen molar-refractivity contribution in [1.82, 2.24) is 9.80 Å². The summed E-state index contributed by atoms with van der Waals surface area (Å²) in [6, 6.07) is 5.59. The Bertz CT molecular complexity index is 802. The summed E-state index contributed by atoms with van der Waals surface area (Å²) in [5.41, 5.74) is 2.09. The van der Waals surface area contributed by atoms with Crippen LogP contribution in [0.5, 0.6) is 0 Å². The smallest absolute Gasteiger partial charge is 0.256 e. The number of hydrogen-bond acceptors (Lipinski definition) is 4. The van der Waals surface area contributed by atoms with E-state index < -0.39 is 0 Å². The minimum absolute atomic E-state index is 0.0392. The Morgan fingerprint density at radius 1 is 1.00 bits per heavy atom. The molecule has 1 saturated heterocycles. The molecule has 32 heavy (non-hydrogen) atoms. The summed E-state index contributed by atoms with van der Waals surface area (Å²) in [5, 5.41) is 2.91. The highest BCUT2D eigenvalue weighted by atomic mass is 16.2. The predicted molar refractivity (Wildman–Crippen MR) is 130 cm³/mol. The first-order valence-corrected chi connectivity index (χ1v) is 11.9. The number of carbonyl (C=O) groups excluding carboxylic acids is 3. The Kier molecular flexibility index (Phi) is 9.54. The third-order valence-electron chi connectivity index (χ3n) is 5.84. The lowest BCUT2D eigenvalue weighted by molar-refractivity contribution is -0.131. The second kappa shape index (κ2) is 11.9. The SMILES string of the molecule is CCN(CC)C(=O)c1cc(NC(=O)C(C)C)ccc1N1CCCN(C(=O)CC(C)C)CC1. The van der Waals surface area contributed by atoms with Gasteiger partial charge in [-0.3, -0.25) is 14.4 Å². The highest BCUT2D eigenvalue weighted by Gasteiger charge is 2.25. The molecule has 1 aromatic carbocycles. The van der Waals surface area contributed by atoms with Crippen LogP contribution in [0.1, 0.15) is 64.7 Å². The predicted octanol–water partition coefficient (Wildman–Crippen LogP) is 3.85. The van der Waals surface area contributed by atoms with Crippen LogP contribution in [0.15, 0.2) is 18.2 Å². The van der Waals surface area contributed by atoms with Crippen LogP contribution in [-0.2, 0) is 9.59 Å². The van der Waals surface area contributed by atoms with Crippen molar-refractivity contribution in [1.29, 1.82) is 0 Å². The van der Waals surface area contributed by atoms with Gasteiger partial charge in [-0.1, -0.05) is 27.7 Å². The van der Waals surface area contributed by atoms with Gasteiger partial charge in [0.05, 0.1) is 5.56 Å². The summed E-state index contributed by atoms with van der Waals surface area (Å²) in [7, 11) is 0. The van der Waals surface area contributed by atoms with Gasteiger partial charge in [0.25, 0.3) is 5.91 Å². The molecule has 178 valence electrons. The van der Waals surface area contributed by atoms with Crippen LogP contribution in [-0.4, -0.2) is 66.8 Å². The molecule has 7 heteroatoms. The van der Waals surface area contributed by atoms with E-state index in [2.05, 4.69) is 24.1 Å². The van der Waals surface area contributed by atoms with Crippen molar-refractivity contribution in [2.24, 2.45) is 11.8 Å². The fourth-order valence-electron chi connectivity index (χ4n) is 3.91. The van der Waals surface area contributed by atoms with Gasteiger partial charge in [0.2, 0.25) is 11.8 Å². The molecule has 2 rings (SSSR count). The van der Waals surface area contributed by atoms with E-state index >= 15 is 0 Å². The molecule has 0 atom stereocenters. The summed E-state index contributed by atoms with van der Waals surface area (Å²) < 4.78 is 0. The summed E-state index contributed by atoms with van der Waals surface area (Å²) in [4.78, 5) is 44.0. The number of hydrogen-bond donors (Lipinski definition) is 1. The maximum atomic E-state index is 13.3. The van der Waals surface area contributed by atoms with Crippen molar-refractivity contribution in [3.63, 3.8) is 0 Å². The molecule has 0 aromatic heterocycles. The fourth-order valence-corrected chi connectivity index (χ4v) is 3.91. The van der Waals surface area contributed by atoms with Crippen LogP contribution >= 0.6 is 0 Å². The quantitative estimate of drug-likeness (QED) is 0.661. The van der Waals surface area contributed by atoms with Crippen molar-refractivity contribution < 1.29 is 14.4 Å². The second-order valence-electron chi connectivity index (χ2n) is 9.17. The lowest BCUT2D eigenvalue weighted by Gasteiger charge is -2.28. The van der Waals surface area contributed by atoms with Crippen LogP contribution in [0.4, 0.5) is 11.4 Å². The molecule has 3 amide bonds. The molecule has 0 bridgehead atoms. The lowest BCUT2D eigenvalue weighted by atomic mass is 10.1. The number of amides is 3. The Morgan fingerprint density at radius 3 is 2.28 bits per heavy atom. The van der Waals surface area contributed by atoms with E-state index in [1.165, 1.54) is 0 Å². The van der Waals surface area contributed by atoms with E-state index in [-0.39, 0.29) is 23.6 Å². The molecule has 1 aliphatic heterocycles. The molecular formula is C25H40N4O3. The number of nitrogens with zero attached hydrogens (tertiary/aromatic N) is 3. The summed E-state index contributed by atoms with van der Waals surface area (Å²) >= 11 is 0. The largest absolute Gasteiger partial charge is 0.369 e. The lowest BCUT2D eigenvalue weighted by Crippen LogP contribution is -2.37. The van der Waals surface area contributed by atoms with Gasteiger partial charge in [0.1, 0.15) is 0 Å². The third-order valence-corrected chi connectivity index (χ3v) is 5.84. The van der Waals surface area contributed by atoms with Gasteiger partial charge in [-0.15, -0.1) is 0 Å². The molecule has 0 unspecified atom stereocenters. The average Bonchev–Trinajstić information content (AvgIpc) is 3.00. The van der Waals surface area contributed by atoms with E-state index in [0.29, 0.717) is 49.8 Å². The first-order chi connectivity index (χ1) is 15.2. The number of rotatable bonds is 8. The van der Waals surface area contributed by atoms with Crippen molar-refractivity contribution in [3.8, 4) is 0 Å². The number of anilines is 2. The normalized spacial score (nSPS) is 14.5. The third kappa shape index (κ3) is 6.71. The van der Waals surface area contributed by atoms with E-state index in [4.69, 9.17) is 0 Å². The molecule has 0 spiro atoms. The highest BCUT2D eigenvalue weighted by Crippen LogP contribution is 2.27. The van der Waals surface area contributed by atoms with Crippen molar-refractivity contribution in [2.75, 3.05) is 49.5 Å². The Hall–Kier alpha value is -2.57. The van der Waals surface area contributed by atoms with E-state index in [9.17, 15) is 14.4 Å². The van der Waals surface area contributed by atoms with Gasteiger partial charge in [-0.2, -0.15) is 0 Å². The van der Waals surface area contributed by atoms with Crippen LogP contribution in [0.2, 0.25) is 0 Å². The van der Waals surface area contributed by atoms with Gasteiger partial charge >= 0.3 is 0 Å². The van der Waals surface area contributed by atoms with Gasteiger partial charge in [0.15, 0.2) is 0 Å². The van der Waals surface area contributed by atoms with E-state index in [1.807, 2.05) is 44.7 Å². The molecule has 0 radical (unpaired) electrons. The molecule has 1 aromatic rings. The Labute approximate surface area is 193 Å². The van der Waals surface area contributed by atoms with E-state index in [1.54, 1.807) is 11.0 Å². The van der Waals surface area contributed by atoms with Crippen LogP contribution in [0, 0.1) is 11.8 Å². The van der Waals surface area contributed by atoms with Crippen LogP contribution < -0.4 is 10.2 Å². The Balaban J connectivity index is 2.31. The van der Waals surface area contributed by atoms with Crippen LogP contribution in [0.25, 0.3) is 0 Å². The molecule has 1 heterocycles. The topological polar surface area (TPSA) is 73.0 Å². The number of carbonyl (C=O) groups is 3. The van der Waals surface area contributed by atoms with Gasteiger partial charge in [0, 0.05) is 63.0 Å². The number of nitrogens with one attached hydrogen (secondary N) is 1. The first-order valence-electron chi connectivity index (χ1n) is 11.9. The van der Waals surface area contributed by atoms with Gasteiger partial charge < -0.3 is 20.0 Å². The molecule has 0 saturated carbocycles. The standard InChI is InChI=1S/C25H40N4O3/c1-7-27(8-2)25(32)21-17-20(26-24(31)19(5)6)10-11-22(21)28-12-9-13-29(15-14-28)23(30)16-18(3)4/h10-11,17-19H,7-9,12-16H2,1-6H3,(H,26,31). The maximum Gasteiger partial charge on any atom is 0.256 e. The summed E-state index contributed by atoms with van der Waals surface area (Å²) in [5.74, 6) is 0.286. The number of benzene rings is 1. The van der Waals surface area contributed by atoms with Crippen LogP contribution in [0.3, 0.4) is 0 Å². The maximum absolute atomic E-state index is 13.3. The molecular weight excluding hydrogens is 404 g/mol. The molecule has 0 aliphatic carbocycles. The van der Waals surface area contributed by atoms with E-state index in [0.717, 1.165) is 25.2 Å². The van der Waals surface area contributed by atoms with Crippen molar-refractivity contribution in [3.05, 3.63) is 23.8 Å². The monoisotopic (exact) mass is 444 g/mol. The van der Waals surface area contributed by atoms with Gasteiger partial charge in [-0.25, -0.2) is 0 Å². The fraction of sp³-hybridized carbons (Fsp3) is 0.640. The molecule has 1 fully saturated rings. The zero-order valence-electron chi connectivity index (χ0n) is 20.6. The second-order valence-corrected chi connectivity index (χ2v) is 9.17. The average molecular weight is 445 g/mol. The summed E-state index contributed by atoms with van der Waals surface area (Å²) in [6.45, 7) is 15.8. The molecule has 7 nitrogen and oxygen atoms in total. The molecule has 1 aliphatic rings.